The zero-order chi connectivity index (χ0) is 28.1. The molecule has 1 N–H and O–H groups in total. The third-order valence-electron chi connectivity index (χ3n) is 7.91. The van der Waals surface area contributed by atoms with Gasteiger partial charge in [0, 0.05) is 42.3 Å². The Balaban J connectivity index is 1.31. The summed E-state index contributed by atoms with van der Waals surface area (Å²) >= 11 is 0. The van der Waals surface area contributed by atoms with Gasteiger partial charge in [-0.05, 0) is 86.7 Å². The number of rotatable bonds is 9. The zero-order valence-corrected chi connectivity index (χ0v) is 23.6. The summed E-state index contributed by atoms with van der Waals surface area (Å²) in [5.74, 6) is 0.987. The monoisotopic (exact) mass is 542 g/mol. The minimum Gasteiger partial charge on any atom is -0.493 e. The predicted octanol–water partition coefficient (Wildman–Crippen LogP) is 5.94. The standard InChI is InChI=1S/C32H38N4O4/c1-5-8-28(23-9-14-29(38-3)30(21-23)39-4)36-25(6-2)22-27(34-36)31(37)33-24-10-12-26(13-11-24)35-18-16-32(17-19-35)15-7-20-40-32/h5,8-14,21-22H,1,6-7,15-20H2,2-4H3,(H,33,37)/b28-8-. The van der Waals surface area contributed by atoms with Crippen molar-refractivity contribution in [1.29, 1.82) is 0 Å². The van der Waals surface area contributed by atoms with Crippen molar-refractivity contribution >= 4 is 23.0 Å². The molecule has 210 valence electrons. The zero-order valence-electron chi connectivity index (χ0n) is 23.6. The van der Waals surface area contributed by atoms with Gasteiger partial charge in [-0.2, -0.15) is 5.10 Å². The minimum absolute atomic E-state index is 0.103. The molecule has 0 radical (unpaired) electrons. The third kappa shape index (κ3) is 5.63. The fourth-order valence-electron chi connectivity index (χ4n) is 5.66. The molecular weight excluding hydrogens is 504 g/mol. The molecule has 3 heterocycles. The maximum Gasteiger partial charge on any atom is 0.276 e. The van der Waals surface area contributed by atoms with E-state index >= 15 is 0 Å². The van der Waals surface area contributed by atoms with Gasteiger partial charge >= 0.3 is 0 Å². The molecule has 0 aliphatic carbocycles. The second-order valence-electron chi connectivity index (χ2n) is 10.3. The summed E-state index contributed by atoms with van der Waals surface area (Å²) in [6.45, 7) is 8.79. The Labute approximate surface area is 236 Å². The first-order valence-electron chi connectivity index (χ1n) is 13.9. The van der Waals surface area contributed by atoms with Crippen molar-refractivity contribution < 1.29 is 19.0 Å². The molecule has 2 fully saturated rings. The van der Waals surface area contributed by atoms with Crippen LogP contribution in [0.4, 0.5) is 11.4 Å². The van der Waals surface area contributed by atoms with Crippen LogP contribution in [0, 0.1) is 0 Å². The van der Waals surface area contributed by atoms with Gasteiger partial charge < -0.3 is 24.4 Å². The minimum atomic E-state index is -0.259. The van der Waals surface area contributed by atoms with Crippen LogP contribution in [0.2, 0.25) is 0 Å². The summed E-state index contributed by atoms with van der Waals surface area (Å²) in [6.07, 6.45) is 8.76. The van der Waals surface area contributed by atoms with E-state index in [1.54, 1.807) is 25.0 Å². The number of hydrogen-bond acceptors (Lipinski definition) is 6. The Morgan fingerprint density at radius 2 is 1.82 bits per heavy atom. The number of nitrogens with zero attached hydrogens (tertiary/aromatic N) is 3. The van der Waals surface area contributed by atoms with E-state index in [4.69, 9.17) is 19.3 Å². The van der Waals surface area contributed by atoms with E-state index in [-0.39, 0.29) is 11.5 Å². The van der Waals surface area contributed by atoms with Gasteiger partial charge in [0.2, 0.25) is 0 Å². The van der Waals surface area contributed by atoms with Crippen LogP contribution in [-0.2, 0) is 11.2 Å². The highest BCUT2D eigenvalue weighted by Gasteiger charge is 2.38. The van der Waals surface area contributed by atoms with Crippen molar-refractivity contribution in [2.75, 3.05) is 44.1 Å². The number of nitrogens with one attached hydrogen (secondary N) is 1. The maximum absolute atomic E-state index is 13.2. The lowest BCUT2D eigenvalue weighted by Crippen LogP contribution is -2.44. The molecule has 3 aromatic rings. The summed E-state index contributed by atoms with van der Waals surface area (Å²) in [5.41, 5.74) is 4.88. The highest BCUT2D eigenvalue weighted by Crippen LogP contribution is 2.37. The number of amides is 1. The number of piperidine rings is 1. The lowest BCUT2D eigenvalue weighted by atomic mass is 9.88. The fourth-order valence-corrected chi connectivity index (χ4v) is 5.66. The Hall–Kier alpha value is -4.04. The lowest BCUT2D eigenvalue weighted by molar-refractivity contribution is -0.0146. The second-order valence-corrected chi connectivity index (χ2v) is 10.3. The summed E-state index contributed by atoms with van der Waals surface area (Å²) in [4.78, 5) is 15.6. The Bertz CT molecular complexity index is 1380. The molecular formula is C32H38N4O4. The molecule has 2 aliphatic heterocycles. The Morgan fingerprint density at radius 3 is 2.45 bits per heavy atom. The first kappa shape index (κ1) is 27.5. The van der Waals surface area contributed by atoms with Gasteiger partial charge in [-0.15, -0.1) is 0 Å². The van der Waals surface area contributed by atoms with E-state index in [9.17, 15) is 4.79 Å². The third-order valence-corrected chi connectivity index (χ3v) is 7.91. The summed E-state index contributed by atoms with van der Waals surface area (Å²) in [7, 11) is 3.21. The molecule has 0 unspecified atom stereocenters. The smallest absolute Gasteiger partial charge is 0.276 e. The van der Waals surface area contributed by atoms with Crippen molar-refractivity contribution in [1.82, 2.24) is 9.78 Å². The van der Waals surface area contributed by atoms with Crippen LogP contribution >= 0.6 is 0 Å². The molecule has 0 saturated carbocycles. The number of allylic oxidation sites excluding steroid dienone is 2. The molecule has 8 heteroatoms. The van der Waals surface area contributed by atoms with E-state index in [0.717, 1.165) is 60.9 Å². The molecule has 8 nitrogen and oxygen atoms in total. The largest absolute Gasteiger partial charge is 0.493 e. The first-order valence-corrected chi connectivity index (χ1v) is 13.9. The normalized spacial score (nSPS) is 16.7. The van der Waals surface area contributed by atoms with Crippen LogP contribution in [0.1, 0.15) is 54.4 Å². The number of hydrogen-bond donors (Lipinski definition) is 1. The number of carbonyl (C=O) groups excluding carboxylic acids is 1. The number of carbonyl (C=O) groups is 1. The Kier molecular flexibility index (Phi) is 8.26. The maximum atomic E-state index is 13.2. The van der Waals surface area contributed by atoms with E-state index in [2.05, 4.69) is 28.9 Å². The number of aromatic nitrogens is 2. The van der Waals surface area contributed by atoms with Crippen molar-refractivity contribution in [3.05, 3.63) is 84.2 Å². The van der Waals surface area contributed by atoms with E-state index in [0.29, 0.717) is 23.6 Å². The highest BCUT2D eigenvalue weighted by atomic mass is 16.5. The van der Waals surface area contributed by atoms with E-state index in [1.165, 1.54) is 12.8 Å². The molecule has 1 aromatic heterocycles. The van der Waals surface area contributed by atoms with Gasteiger partial charge in [0.15, 0.2) is 17.2 Å². The molecule has 0 bridgehead atoms. The number of methoxy groups -OCH3 is 2. The number of ether oxygens (including phenoxy) is 3. The van der Waals surface area contributed by atoms with Gasteiger partial charge in [-0.1, -0.05) is 19.6 Å². The number of benzene rings is 2. The number of anilines is 2. The quantitative estimate of drug-likeness (QED) is 0.337. The van der Waals surface area contributed by atoms with Crippen molar-refractivity contribution in [2.45, 2.75) is 44.6 Å². The van der Waals surface area contributed by atoms with Crippen LogP contribution in [-0.4, -0.2) is 55.2 Å². The topological polar surface area (TPSA) is 77.8 Å². The molecule has 40 heavy (non-hydrogen) atoms. The van der Waals surface area contributed by atoms with Gasteiger partial charge in [-0.3, -0.25) is 4.79 Å². The molecule has 1 amide bonds. The Morgan fingerprint density at radius 1 is 1.07 bits per heavy atom. The summed E-state index contributed by atoms with van der Waals surface area (Å²) < 4.78 is 18.7. The van der Waals surface area contributed by atoms with Crippen molar-refractivity contribution in [3.8, 4) is 11.5 Å². The highest BCUT2D eigenvalue weighted by molar-refractivity contribution is 6.03. The van der Waals surface area contributed by atoms with Crippen molar-refractivity contribution in [3.63, 3.8) is 0 Å². The van der Waals surface area contributed by atoms with Crippen LogP contribution in [0.5, 0.6) is 11.5 Å². The van der Waals surface area contributed by atoms with Crippen LogP contribution < -0.4 is 19.7 Å². The van der Waals surface area contributed by atoms with Gasteiger partial charge in [-0.25, -0.2) is 4.68 Å². The van der Waals surface area contributed by atoms with Gasteiger partial charge in [0.05, 0.1) is 25.5 Å². The lowest BCUT2D eigenvalue weighted by Gasteiger charge is -2.39. The van der Waals surface area contributed by atoms with Gasteiger partial charge in [0.25, 0.3) is 5.91 Å². The molecule has 5 rings (SSSR count). The SMILES string of the molecule is C=C/C=C(/c1ccc(OC)c(OC)c1)n1nc(C(=O)Nc2ccc(N3CCC4(CCCO4)CC3)cc2)cc1CC. The van der Waals surface area contributed by atoms with E-state index < -0.39 is 0 Å². The summed E-state index contributed by atoms with van der Waals surface area (Å²) in [5, 5.41) is 7.70. The number of aryl methyl sites for hydroxylation is 1. The molecule has 1 spiro atoms. The fraction of sp³-hybridized carbons (Fsp3) is 0.375. The molecule has 2 aliphatic rings. The molecule has 0 atom stereocenters. The van der Waals surface area contributed by atoms with Crippen LogP contribution in [0.15, 0.2) is 67.3 Å². The summed E-state index contributed by atoms with van der Waals surface area (Å²) in [6, 6.07) is 15.5. The van der Waals surface area contributed by atoms with Crippen LogP contribution in [0.3, 0.4) is 0 Å². The van der Waals surface area contributed by atoms with E-state index in [1.807, 2.05) is 49.4 Å². The molecule has 2 aromatic carbocycles. The predicted molar refractivity (Wildman–Crippen MR) is 158 cm³/mol. The first-order chi connectivity index (χ1) is 19.5. The van der Waals surface area contributed by atoms with Crippen LogP contribution in [0.25, 0.3) is 5.70 Å². The van der Waals surface area contributed by atoms with Gasteiger partial charge in [0.1, 0.15) is 0 Å². The molecule has 2 saturated heterocycles. The average Bonchev–Trinajstić information content (AvgIpc) is 3.64. The second kappa shape index (κ2) is 12.0. The average molecular weight is 543 g/mol. The van der Waals surface area contributed by atoms with Crippen molar-refractivity contribution in [2.24, 2.45) is 0 Å².